The van der Waals surface area contributed by atoms with E-state index >= 15 is 0 Å². The van der Waals surface area contributed by atoms with Gasteiger partial charge in [0.1, 0.15) is 17.2 Å². The second-order valence-corrected chi connectivity index (χ2v) is 10.7. The fourth-order valence-electron chi connectivity index (χ4n) is 4.34. The fourth-order valence-corrected chi connectivity index (χ4v) is 4.60. The van der Waals surface area contributed by atoms with Crippen LogP contribution in [0, 0.1) is 0 Å². The zero-order valence-electron chi connectivity index (χ0n) is 23.0. The molecule has 8 heteroatoms. The lowest BCUT2D eigenvalue weighted by Gasteiger charge is -2.25. The first-order valence-electron chi connectivity index (χ1n) is 13.4. The highest BCUT2D eigenvalue weighted by molar-refractivity contribution is 7.81. The number of aliphatic carboxylic acids is 1. The summed E-state index contributed by atoms with van der Waals surface area (Å²) in [6.45, 7) is 2.32. The number of unbranched alkanes of at least 4 members (excludes halogenated alkanes) is 5. The van der Waals surface area contributed by atoms with Crippen LogP contribution in [0.5, 0.6) is 11.5 Å². The highest BCUT2D eigenvalue weighted by Crippen LogP contribution is 2.36. The molecule has 3 rings (SSSR count). The predicted octanol–water partition coefficient (Wildman–Crippen LogP) is 7.04. The maximum Gasteiger partial charge on any atom is 0.335 e. The van der Waals surface area contributed by atoms with E-state index in [0.29, 0.717) is 29.3 Å². The lowest BCUT2D eigenvalue weighted by atomic mass is 9.94. The van der Waals surface area contributed by atoms with Gasteiger partial charge in [0.25, 0.3) is 0 Å². The van der Waals surface area contributed by atoms with Crippen molar-refractivity contribution >= 4 is 30.6 Å². The number of hydrogen-bond donors (Lipinski definition) is 3. The molecule has 3 aromatic rings. The van der Waals surface area contributed by atoms with E-state index in [9.17, 15) is 14.7 Å². The number of carboxylic acids is 2. The SMILES string of the molecule is COc1ccc(CCCCCCCCOc2ccc(C(C)(S)c3cccc(C(=O)O)c3)nc2/C=C/C(=O)O)cc1. The first-order valence-corrected chi connectivity index (χ1v) is 13.9. The summed E-state index contributed by atoms with van der Waals surface area (Å²) in [6, 6.07) is 18.3. The number of carboxylic acid groups (broad SMARTS) is 2. The normalized spacial score (nSPS) is 12.7. The molecule has 0 radical (unpaired) electrons. The number of thiol groups is 1. The number of carbonyl (C=O) groups is 2. The molecule has 0 fully saturated rings. The topological polar surface area (TPSA) is 106 Å². The van der Waals surface area contributed by atoms with Crippen LogP contribution in [0.4, 0.5) is 0 Å². The zero-order chi connectivity index (χ0) is 29.0. The second kappa shape index (κ2) is 15.1. The third-order valence-corrected chi connectivity index (χ3v) is 7.20. The Balaban J connectivity index is 1.52. The van der Waals surface area contributed by atoms with Gasteiger partial charge in [0.15, 0.2) is 0 Å². The van der Waals surface area contributed by atoms with Crippen LogP contribution in [0.15, 0.2) is 66.7 Å². The molecule has 1 heterocycles. The predicted molar refractivity (Wildman–Crippen MR) is 160 cm³/mol. The minimum Gasteiger partial charge on any atom is -0.497 e. The van der Waals surface area contributed by atoms with E-state index in [2.05, 4.69) is 17.1 Å². The Morgan fingerprint density at radius 3 is 2.33 bits per heavy atom. The molecule has 7 nitrogen and oxygen atoms in total. The monoisotopic (exact) mass is 563 g/mol. The zero-order valence-corrected chi connectivity index (χ0v) is 23.9. The summed E-state index contributed by atoms with van der Waals surface area (Å²) in [5.41, 5.74) is 3.07. The van der Waals surface area contributed by atoms with E-state index in [1.165, 1.54) is 30.5 Å². The number of methoxy groups -OCH3 is 1. The van der Waals surface area contributed by atoms with Crippen LogP contribution in [0.3, 0.4) is 0 Å². The molecule has 0 bridgehead atoms. The number of aromatic nitrogens is 1. The van der Waals surface area contributed by atoms with Crippen LogP contribution < -0.4 is 9.47 Å². The molecule has 2 aromatic carbocycles. The van der Waals surface area contributed by atoms with Crippen molar-refractivity contribution in [2.75, 3.05) is 13.7 Å². The van der Waals surface area contributed by atoms with Gasteiger partial charge in [0, 0.05) is 6.08 Å². The minimum atomic E-state index is -1.09. The standard InChI is InChI=1S/C32H37NO6S/c1-32(40,25-12-9-11-24(22-25)31(36)37)29-19-18-28(27(33-29)17-20-30(34)35)39-21-8-6-4-3-5-7-10-23-13-15-26(38-2)16-14-23/h9,11-20,22,40H,3-8,10,21H2,1-2H3,(H,34,35)(H,36,37)/b20-17+. The molecule has 0 aliphatic heterocycles. The van der Waals surface area contributed by atoms with E-state index in [4.69, 9.17) is 27.2 Å². The third kappa shape index (κ3) is 9.16. The summed E-state index contributed by atoms with van der Waals surface area (Å²) in [7, 11) is 1.67. The highest BCUT2D eigenvalue weighted by Gasteiger charge is 2.27. The molecule has 212 valence electrons. The average Bonchev–Trinajstić information content (AvgIpc) is 2.95. The Bertz CT molecular complexity index is 1300. The van der Waals surface area contributed by atoms with Crippen LogP contribution >= 0.6 is 12.6 Å². The molecule has 0 aliphatic rings. The van der Waals surface area contributed by atoms with Crippen LogP contribution in [-0.4, -0.2) is 40.9 Å². The van der Waals surface area contributed by atoms with E-state index in [1.807, 2.05) is 19.1 Å². The molecule has 1 aromatic heterocycles. The summed E-state index contributed by atoms with van der Waals surface area (Å²) in [5.74, 6) is -0.746. The van der Waals surface area contributed by atoms with Gasteiger partial charge >= 0.3 is 11.9 Å². The van der Waals surface area contributed by atoms with Gasteiger partial charge in [-0.15, -0.1) is 0 Å². The average molecular weight is 564 g/mol. The number of ether oxygens (including phenoxy) is 2. The van der Waals surface area contributed by atoms with Gasteiger partial charge in [0.2, 0.25) is 0 Å². The van der Waals surface area contributed by atoms with E-state index in [0.717, 1.165) is 43.9 Å². The summed E-state index contributed by atoms with van der Waals surface area (Å²) in [4.78, 5) is 27.2. The largest absolute Gasteiger partial charge is 0.497 e. The lowest BCUT2D eigenvalue weighted by molar-refractivity contribution is -0.131. The molecule has 1 unspecified atom stereocenters. The molecule has 0 amide bonds. The lowest BCUT2D eigenvalue weighted by Crippen LogP contribution is -2.19. The maximum absolute atomic E-state index is 11.4. The number of pyridine rings is 1. The molecule has 0 spiro atoms. The summed E-state index contributed by atoms with van der Waals surface area (Å²) in [6.07, 6.45) is 10.1. The van der Waals surface area contributed by atoms with Crippen LogP contribution in [0.25, 0.3) is 6.08 Å². The Hall–Kier alpha value is -3.78. The quantitative estimate of drug-likeness (QED) is 0.0975. The third-order valence-electron chi connectivity index (χ3n) is 6.72. The van der Waals surface area contributed by atoms with Crippen molar-refractivity contribution in [2.24, 2.45) is 0 Å². The van der Waals surface area contributed by atoms with E-state index < -0.39 is 16.7 Å². The Morgan fingerprint density at radius 2 is 1.65 bits per heavy atom. The van der Waals surface area contributed by atoms with Gasteiger partial charge in [-0.25, -0.2) is 14.6 Å². The molecule has 40 heavy (non-hydrogen) atoms. The van der Waals surface area contributed by atoms with Crippen molar-refractivity contribution in [3.8, 4) is 11.5 Å². The van der Waals surface area contributed by atoms with Crippen molar-refractivity contribution in [3.05, 3.63) is 94.8 Å². The summed E-state index contributed by atoms with van der Waals surface area (Å²) in [5, 5.41) is 18.5. The van der Waals surface area contributed by atoms with Crippen LogP contribution in [-0.2, 0) is 16.0 Å². The van der Waals surface area contributed by atoms with Crippen molar-refractivity contribution < 1.29 is 29.3 Å². The molecule has 0 saturated heterocycles. The van der Waals surface area contributed by atoms with Gasteiger partial charge in [0.05, 0.1) is 29.7 Å². The van der Waals surface area contributed by atoms with Gasteiger partial charge in [-0.1, -0.05) is 49.9 Å². The molecular formula is C32H37NO6S. The van der Waals surface area contributed by atoms with Gasteiger partial charge in [-0.2, -0.15) is 12.6 Å². The highest BCUT2D eigenvalue weighted by atomic mass is 32.1. The Morgan fingerprint density at radius 1 is 0.950 bits per heavy atom. The minimum absolute atomic E-state index is 0.154. The molecule has 2 N–H and O–H groups in total. The smallest absolute Gasteiger partial charge is 0.335 e. The van der Waals surface area contributed by atoms with Crippen LogP contribution in [0.2, 0.25) is 0 Å². The number of hydrogen-bond acceptors (Lipinski definition) is 6. The number of aromatic carboxylic acids is 1. The van der Waals surface area contributed by atoms with Crippen molar-refractivity contribution in [1.29, 1.82) is 0 Å². The molecule has 1 atom stereocenters. The van der Waals surface area contributed by atoms with Crippen molar-refractivity contribution in [3.63, 3.8) is 0 Å². The van der Waals surface area contributed by atoms with Crippen LogP contribution in [0.1, 0.15) is 78.3 Å². The maximum atomic E-state index is 11.4. The van der Waals surface area contributed by atoms with Gasteiger partial charge < -0.3 is 19.7 Å². The first kappa shape index (κ1) is 30.8. The fraction of sp³-hybridized carbons (Fsp3) is 0.344. The van der Waals surface area contributed by atoms with Crippen molar-refractivity contribution in [2.45, 2.75) is 56.6 Å². The number of rotatable bonds is 16. The molecular weight excluding hydrogens is 526 g/mol. The summed E-state index contributed by atoms with van der Waals surface area (Å²) < 4.78 is 10.3. The second-order valence-electron chi connectivity index (χ2n) is 9.78. The number of aryl methyl sites for hydroxylation is 1. The first-order chi connectivity index (χ1) is 19.2. The Labute approximate surface area is 241 Å². The van der Waals surface area contributed by atoms with Gasteiger partial charge in [-0.05, 0) is 79.8 Å². The van der Waals surface area contributed by atoms with E-state index in [-0.39, 0.29) is 5.56 Å². The molecule has 0 aliphatic carbocycles. The van der Waals surface area contributed by atoms with Gasteiger partial charge in [-0.3, -0.25) is 0 Å². The Kier molecular flexibility index (Phi) is 11.6. The van der Waals surface area contributed by atoms with Crippen molar-refractivity contribution in [1.82, 2.24) is 4.98 Å². The summed E-state index contributed by atoms with van der Waals surface area (Å²) >= 11 is 4.79. The molecule has 0 saturated carbocycles. The number of nitrogens with zero attached hydrogens (tertiary/aromatic N) is 1. The van der Waals surface area contributed by atoms with E-state index in [1.54, 1.807) is 37.4 Å². The number of benzene rings is 2.